The predicted molar refractivity (Wildman–Crippen MR) is 46.1 cm³/mol. The van der Waals surface area contributed by atoms with Crippen LogP contribution in [0.25, 0.3) is 0 Å². The number of carbonyl (C=O) groups is 1. The standard InChI is InChI=1S/C7H16N4O/c8-2-1-5(3-9)7-10-4-6(12)11-7/h5,7,10H,1-4,8-9H2,(H,11,12). The zero-order valence-corrected chi connectivity index (χ0v) is 7.05. The Morgan fingerprint density at radius 1 is 1.58 bits per heavy atom. The number of hydrogen-bond donors (Lipinski definition) is 4. The van der Waals surface area contributed by atoms with Gasteiger partial charge in [-0.15, -0.1) is 0 Å². The zero-order chi connectivity index (χ0) is 8.97. The summed E-state index contributed by atoms with van der Waals surface area (Å²) in [6, 6.07) is 0. The van der Waals surface area contributed by atoms with E-state index in [1.54, 1.807) is 0 Å². The van der Waals surface area contributed by atoms with Crippen molar-refractivity contribution in [2.24, 2.45) is 17.4 Å². The van der Waals surface area contributed by atoms with E-state index in [1.807, 2.05) is 0 Å². The largest absolute Gasteiger partial charge is 0.339 e. The summed E-state index contributed by atoms with van der Waals surface area (Å²) in [5.74, 6) is 0.289. The summed E-state index contributed by atoms with van der Waals surface area (Å²) in [4.78, 5) is 10.8. The second kappa shape index (κ2) is 4.39. The molecule has 1 amide bonds. The molecule has 1 saturated heterocycles. The third-order valence-corrected chi connectivity index (χ3v) is 2.11. The van der Waals surface area contributed by atoms with Crippen molar-refractivity contribution < 1.29 is 4.79 Å². The molecule has 2 unspecified atom stereocenters. The zero-order valence-electron chi connectivity index (χ0n) is 7.05. The van der Waals surface area contributed by atoms with E-state index in [-0.39, 0.29) is 18.0 Å². The lowest BCUT2D eigenvalue weighted by atomic mass is 10.0. The fourth-order valence-electron chi connectivity index (χ4n) is 1.40. The minimum atomic E-state index is 0.0195. The lowest BCUT2D eigenvalue weighted by Gasteiger charge is -2.20. The van der Waals surface area contributed by atoms with E-state index in [0.29, 0.717) is 19.6 Å². The normalized spacial score (nSPS) is 25.5. The number of rotatable bonds is 4. The maximum Gasteiger partial charge on any atom is 0.235 e. The first-order valence-electron chi connectivity index (χ1n) is 4.20. The van der Waals surface area contributed by atoms with E-state index in [9.17, 15) is 4.79 Å². The Bertz CT molecular complexity index is 161. The van der Waals surface area contributed by atoms with Crippen LogP contribution in [0, 0.1) is 5.92 Å². The molecule has 0 aromatic rings. The Balaban J connectivity index is 2.38. The van der Waals surface area contributed by atoms with Crippen molar-refractivity contribution in [3.05, 3.63) is 0 Å². The lowest BCUT2D eigenvalue weighted by molar-refractivity contribution is -0.118. The Kier molecular flexibility index (Phi) is 3.46. The third-order valence-electron chi connectivity index (χ3n) is 2.11. The predicted octanol–water partition coefficient (Wildman–Crippen LogP) is -2.04. The molecule has 1 rings (SSSR count). The molecule has 0 bridgehead atoms. The molecule has 1 aliphatic rings. The molecule has 0 aromatic carbocycles. The van der Waals surface area contributed by atoms with Crippen LogP contribution in [0.4, 0.5) is 0 Å². The van der Waals surface area contributed by atoms with Crippen LogP contribution < -0.4 is 22.1 Å². The molecule has 1 aliphatic heterocycles. The Hall–Kier alpha value is -0.650. The second-order valence-corrected chi connectivity index (χ2v) is 3.00. The van der Waals surface area contributed by atoms with Crippen LogP contribution in [0.1, 0.15) is 6.42 Å². The number of hydrogen-bond acceptors (Lipinski definition) is 4. The Morgan fingerprint density at radius 2 is 2.33 bits per heavy atom. The average molecular weight is 172 g/mol. The first-order chi connectivity index (χ1) is 5.77. The summed E-state index contributed by atoms with van der Waals surface area (Å²) in [6.07, 6.45) is 0.861. The maximum absolute atomic E-state index is 10.8. The summed E-state index contributed by atoms with van der Waals surface area (Å²) >= 11 is 0. The van der Waals surface area contributed by atoms with Gasteiger partial charge in [0, 0.05) is 5.92 Å². The van der Waals surface area contributed by atoms with Gasteiger partial charge in [-0.2, -0.15) is 0 Å². The summed E-state index contributed by atoms with van der Waals surface area (Å²) < 4.78 is 0. The minimum Gasteiger partial charge on any atom is -0.339 e. The molecule has 0 aromatic heterocycles. The van der Waals surface area contributed by atoms with Crippen molar-refractivity contribution >= 4 is 5.91 Å². The van der Waals surface area contributed by atoms with Gasteiger partial charge < -0.3 is 16.8 Å². The summed E-state index contributed by atoms with van der Waals surface area (Å²) in [7, 11) is 0. The smallest absolute Gasteiger partial charge is 0.235 e. The Labute approximate surface area is 71.9 Å². The topological polar surface area (TPSA) is 93.2 Å². The van der Waals surface area contributed by atoms with Crippen LogP contribution in [0.2, 0.25) is 0 Å². The van der Waals surface area contributed by atoms with Crippen LogP contribution in [-0.4, -0.2) is 31.7 Å². The summed E-state index contributed by atoms with van der Waals surface area (Å²) in [6.45, 7) is 1.55. The number of amides is 1. The van der Waals surface area contributed by atoms with Gasteiger partial charge in [0.15, 0.2) is 0 Å². The molecule has 5 nitrogen and oxygen atoms in total. The van der Waals surface area contributed by atoms with Gasteiger partial charge in [0.1, 0.15) is 0 Å². The minimum absolute atomic E-state index is 0.0195. The maximum atomic E-state index is 10.8. The van der Waals surface area contributed by atoms with E-state index < -0.39 is 0 Å². The van der Waals surface area contributed by atoms with Gasteiger partial charge >= 0.3 is 0 Å². The highest BCUT2D eigenvalue weighted by atomic mass is 16.2. The van der Waals surface area contributed by atoms with E-state index in [2.05, 4.69) is 10.6 Å². The Morgan fingerprint density at radius 3 is 2.75 bits per heavy atom. The van der Waals surface area contributed by atoms with Crippen LogP contribution >= 0.6 is 0 Å². The van der Waals surface area contributed by atoms with Crippen molar-refractivity contribution in [3.63, 3.8) is 0 Å². The van der Waals surface area contributed by atoms with Crippen LogP contribution in [0.5, 0.6) is 0 Å². The highest BCUT2D eigenvalue weighted by Crippen LogP contribution is 2.06. The van der Waals surface area contributed by atoms with Gasteiger partial charge in [-0.3, -0.25) is 10.1 Å². The van der Waals surface area contributed by atoms with E-state index in [1.165, 1.54) is 0 Å². The molecule has 70 valence electrons. The van der Waals surface area contributed by atoms with Crippen molar-refractivity contribution in [2.75, 3.05) is 19.6 Å². The first-order valence-corrected chi connectivity index (χ1v) is 4.20. The van der Waals surface area contributed by atoms with Crippen molar-refractivity contribution in [1.29, 1.82) is 0 Å². The first kappa shape index (κ1) is 9.44. The molecule has 12 heavy (non-hydrogen) atoms. The quantitative estimate of drug-likeness (QED) is 0.393. The van der Waals surface area contributed by atoms with E-state index in [4.69, 9.17) is 11.5 Å². The molecule has 0 aliphatic carbocycles. The molecule has 6 N–H and O–H groups in total. The van der Waals surface area contributed by atoms with Gasteiger partial charge in [-0.1, -0.05) is 0 Å². The molecular formula is C7H16N4O. The van der Waals surface area contributed by atoms with Crippen molar-refractivity contribution in [1.82, 2.24) is 10.6 Å². The highest BCUT2D eigenvalue weighted by molar-refractivity contribution is 5.80. The van der Waals surface area contributed by atoms with Crippen LogP contribution in [0.15, 0.2) is 0 Å². The van der Waals surface area contributed by atoms with E-state index in [0.717, 1.165) is 6.42 Å². The van der Waals surface area contributed by atoms with Gasteiger partial charge in [0.2, 0.25) is 5.91 Å². The molecule has 0 saturated carbocycles. The summed E-state index contributed by atoms with van der Waals surface area (Å²) in [5.41, 5.74) is 10.9. The van der Waals surface area contributed by atoms with Gasteiger partial charge in [-0.25, -0.2) is 0 Å². The number of carbonyl (C=O) groups excluding carboxylic acids is 1. The molecule has 5 heteroatoms. The summed E-state index contributed by atoms with van der Waals surface area (Å²) in [5, 5.41) is 5.85. The molecule has 0 spiro atoms. The molecule has 2 atom stereocenters. The lowest BCUT2D eigenvalue weighted by Crippen LogP contribution is -2.43. The molecule has 1 fully saturated rings. The van der Waals surface area contributed by atoms with Crippen molar-refractivity contribution in [2.45, 2.75) is 12.6 Å². The third kappa shape index (κ3) is 2.17. The van der Waals surface area contributed by atoms with Crippen LogP contribution in [-0.2, 0) is 4.79 Å². The van der Waals surface area contributed by atoms with E-state index >= 15 is 0 Å². The monoisotopic (exact) mass is 172 g/mol. The number of nitrogens with two attached hydrogens (primary N) is 2. The molecular weight excluding hydrogens is 156 g/mol. The fraction of sp³-hybridized carbons (Fsp3) is 0.857. The number of nitrogens with one attached hydrogen (secondary N) is 2. The van der Waals surface area contributed by atoms with Crippen molar-refractivity contribution in [3.8, 4) is 0 Å². The average Bonchev–Trinajstić information content (AvgIpc) is 2.47. The van der Waals surface area contributed by atoms with Gasteiger partial charge in [0.05, 0.1) is 12.7 Å². The highest BCUT2D eigenvalue weighted by Gasteiger charge is 2.26. The van der Waals surface area contributed by atoms with Gasteiger partial charge in [-0.05, 0) is 19.5 Å². The van der Waals surface area contributed by atoms with Gasteiger partial charge in [0.25, 0.3) is 0 Å². The second-order valence-electron chi connectivity index (χ2n) is 3.00. The molecule has 0 radical (unpaired) electrons. The van der Waals surface area contributed by atoms with Crippen LogP contribution in [0.3, 0.4) is 0 Å². The fourth-order valence-corrected chi connectivity index (χ4v) is 1.40. The molecule has 1 heterocycles. The SMILES string of the molecule is NCCC(CN)C1NCC(=O)N1.